The number of carbonyl (C=O) groups is 1. The van der Waals surface area contributed by atoms with Gasteiger partial charge in [-0.15, -0.1) is 30.2 Å². The second kappa shape index (κ2) is 9.41. The smallest absolute Gasteiger partial charge is 0.227 e. The van der Waals surface area contributed by atoms with E-state index in [1.54, 1.807) is 11.3 Å². The van der Waals surface area contributed by atoms with E-state index in [0.29, 0.717) is 19.0 Å². The average molecular weight is 391 g/mol. The highest BCUT2D eigenvalue weighted by Crippen LogP contribution is 2.28. The maximum atomic E-state index is 13.0. The van der Waals surface area contributed by atoms with Crippen LogP contribution in [0.2, 0.25) is 0 Å². The second-order valence-corrected chi connectivity index (χ2v) is 7.92. The molecule has 1 heterocycles. The zero-order valence-electron chi connectivity index (χ0n) is 15.5. The lowest BCUT2D eigenvalue weighted by atomic mass is 9.88. The van der Waals surface area contributed by atoms with Crippen LogP contribution in [0.1, 0.15) is 31.2 Å². The molecule has 3 rings (SSSR count). The first-order valence-corrected chi connectivity index (χ1v) is 9.84. The largest absolute Gasteiger partial charge is 0.341 e. The van der Waals surface area contributed by atoms with Crippen LogP contribution in [0.4, 0.5) is 0 Å². The summed E-state index contributed by atoms with van der Waals surface area (Å²) in [7, 11) is 4.04. The van der Waals surface area contributed by atoms with Crippen molar-refractivity contribution in [1.29, 1.82) is 0 Å². The third kappa shape index (κ3) is 4.40. The first-order chi connectivity index (χ1) is 12.1. The summed E-state index contributed by atoms with van der Waals surface area (Å²) in [6, 6.07) is 8.96. The van der Waals surface area contributed by atoms with Crippen molar-refractivity contribution < 1.29 is 4.79 Å². The Bertz CT molecular complexity index is 782. The van der Waals surface area contributed by atoms with Crippen LogP contribution in [0.3, 0.4) is 0 Å². The van der Waals surface area contributed by atoms with Crippen LogP contribution in [-0.4, -0.2) is 48.4 Å². The number of hydrogen-bond acceptors (Lipinski definition) is 3. The summed E-state index contributed by atoms with van der Waals surface area (Å²) in [4.78, 5) is 17.2. The summed E-state index contributed by atoms with van der Waals surface area (Å²) in [6.07, 6.45) is 10.5. The number of terminal acetylenes is 1. The first kappa shape index (κ1) is 20.8. The summed E-state index contributed by atoms with van der Waals surface area (Å²) in [5.41, 5.74) is 1.12. The van der Waals surface area contributed by atoms with Crippen molar-refractivity contribution in [1.82, 2.24) is 9.80 Å². The number of benzene rings is 1. The van der Waals surface area contributed by atoms with Crippen molar-refractivity contribution in [2.24, 2.45) is 0 Å². The third-order valence-electron chi connectivity index (χ3n) is 5.42. The van der Waals surface area contributed by atoms with E-state index in [0.717, 1.165) is 18.4 Å². The van der Waals surface area contributed by atoms with E-state index in [1.165, 1.54) is 22.9 Å². The van der Waals surface area contributed by atoms with Crippen LogP contribution in [0.15, 0.2) is 29.6 Å². The van der Waals surface area contributed by atoms with Gasteiger partial charge in [0.25, 0.3) is 0 Å². The Hall–Kier alpha value is -1.54. The Morgan fingerprint density at radius 2 is 1.96 bits per heavy atom. The lowest BCUT2D eigenvalue weighted by molar-refractivity contribution is -0.133. The zero-order chi connectivity index (χ0) is 17.8. The van der Waals surface area contributed by atoms with Crippen molar-refractivity contribution in [2.75, 3.05) is 20.6 Å². The molecule has 0 radical (unpaired) electrons. The standard InChI is InChI=1S/C21H26N2OS.ClH/c1-4-13-22(2)18-9-5-6-10-19(18)23(3)21(24)15-16-8-7-11-20-17(16)12-14-25-20;/h1,7-8,11-12,14,18-19H,5-6,9-10,13,15H2,2-3H3;1H/t18-,19-;/m1./s1. The second-order valence-electron chi connectivity index (χ2n) is 6.97. The molecular formula is C21H27ClN2OS. The molecule has 0 aliphatic heterocycles. The number of halogens is 1. The van der Waals surface area contributed by atoms with E-state index in [2.05, 4.69) is 41.4 Å². The summed E-state index contributed by atoms with van der Waals surface area (Å²) >= 11 is 1.72. The highest BCUT2D eigenvalue weighted by Gasteiger charge is 2.33. The molecule has 0 unspecified atom stereocenters. The molecule has 1 aliphatic rings. The lowest BCUT2D eigenvalue weighted by Crippen LogP contribution is -2.53. The van der Waals surface area contributed by atoms with Gasteiger partial charge in [0.2, 0.25) is 5.91 Å². The third-order valence-corrected chi connectivity index (χ3v) is 6.30. The fourth-order valence-corrected chi connectivity index (χ4v) is 4.84. The molecule has 1 aromatic heterocycles. The van der Waals surface area contributed by atoms with Gasteiger partial charge in [0, 0.05) is 23.8 Å². The summed E-state index contributed by atoms with van der Waals surface area (Å²) in [6.45, 7) is 0.636. The summed E-state index contributed by atoms with van der Waals surface area (Å²) < 4.78 is 1.25. The number of hydrogen-bond donors (Lipinski definition) is 0. The van der Waals surface area contributed by atoms with Gasteiger partial charge in [-0.25, -0.2) is 0 Å². The fourth-order valence-electron chi connectivity index (χ4n) is 4.00. The minimum atomic E-state index is 0. The van der Waals surface area contributed by atoms with Crippen LogP contribution >= 0.6 is 23.7 Å². The van der Waals surface area contributed by atoms with Crippen molar-refractivity contribution in [3.8, 4) is 12.3 Å². The van der Waals surface area contributed by atoms with Crippen LogP contribution in [0.5, 0.6) is 0 Å². The van der Waals surface area contributed by atoms with E-state index in [9.17, 15) is 4.79 Å². The number of fused-ring (bicyclic) bond motifs is 1. The van der Waals surface area contributed by atoms with Gasteiger partial charge in [0.15, 0.2) is 0 Å². The summed E-state index contributed by atoms with van der Waals surface area (Å²) in [5.74, 6) is 2.93. The predicted octanol–water partition coefficient (Wildman–Crippen LogP) is 4.20. The Labute approximate surface area is 166 Å². The monoisotopic (exact) mass is 390 g/mol. The molecule has 1 amide bonds. The number of carbonyl (C=O) groups excluding carboxylic acids is 1. The highest BCUT2D eigenvalue weighted by molar-refractivity contribution is 7.17. The van der Waals surface area contributed by atoms with Gasteiger partial charge in [-0.2, -0.15) is 0 Å². The van der Waals surface area contributed by atoms with E-state index >= 15 is 0 Å². The van der Waals surface area contributed by atoms with Gasteiger partial charge in [0.1, 0.15) is 0 Å². The highest BCUT2D eigenvalue weighted by atomic mass is 35.5. The van der Waals surface area contributed by atoms with Gasteiger partial charge in [-0.3, -0.25) is 9.69 Å². The van der Waals surface area contributed by atoms with Crippen LogP contribution in [0.25, 0.3) is 10.1 Å². The molecule has 1 aliphatic carbocycles. The molecular weight excluding hydrogens is 364 g/mol. The number of amides is 1. The average Bonchev–Trinajstić information content (AvgIpc) is 3.11. The quantitative estimate of drug-likeness (QED) is 0.714. The first-order valence-electron chi connectivity index (χ1n) is 8.96. The van der Waals surface area contributed by atoms with Gasteiger partial charge in [-0.1, -0.05) is 30.9 Å². The van der Waals surface area contributed by atoms with Crippen molar-refractivity contribution >= 4 is 39.7 Å². The molecule has 5 heteroatoms. The van der Waals surface area contributed by atoms with E-state index in [1.807, 2.05) is 18.0 Å². The van der Waals surface area contributed by atoms with Crippen molar-refractivity contribution in [3.63, 3.8) is 0 Å². The minimum absolute atomic E-state index is 0. The Morgan fingerprint density at radius 3 is 2.69 bits per heavy atom. The maximum absolute atomic E-state index is 13.0. The molecule has 0 N–H and O–H groups in total. The molecule has 0 saturated heterocycles. The van der Waals surface area contributed by atoms with Gasteiger partial charge < -0.3 is 4.90 Å². The maximum Gasteiger partial charge on any atom is 0.227 e. The van der Waals surface area contributed by atoms with Crippen LogP contribution in [0, 0.1) is 12.3 Å². The SMILES string of the molecule is C#CCN(C)[C@@H]1CCCC[C@H]1N(C)C(=O)Cc1cccc2sccc12.Cl. The van der Waals surface area contributed by atoms with Crippen LogP contribution < -0.4 is 0 Å². The predicted molar refractivity (Wildman–Crippen MR) is 113 cm³/mol. The molecule has 140 valence electrons. The number of thiophene rings is 1. The fraction of sp³-hybridized carbons (Fsp3) is 0.476. The molecule has 2 atom stereocenters. The molecule has 0 bridgehead atoms. The summed E-state index contributed by atoms with van der Waals surface area (Å²) in [5, 5.41) is 3.30. The van der Waals surface area contributed by atoms with Gasteiger partial charge in [0.05, 0.1) is 13.0 Å². The van der Waals surface area contributed by atoms with E-state index < -0.39 is 0 Å². The molecule has 2 aromatic rings. The Balaban J connectivity index is 0.00000243. The molecule has 26 heavy (non-hydrogen) atoms. The Morgan fingerprint density at radius 1 is 1.23 bits per heavy atom. The number of nitrogens with zero attached hydrogens (tertiary/aromatic N) is 2. The van der Waals surface area contributed by atoms with Gasteiger partial charge in [-0.05, 0) is 48.4 Å². The molecule has 0 spiro atoms. The van der Waals surface area contributed by atoms with Gasteiger partial charge >= 0.3 is 0 Å². The molecule has 3 nitrogen and oxygen atoms in total. The normalized spacial score (nSPS) is 19.8. The number of rotatable bonds is 5. The zero-order valence-corrected chi connectivity index (χ0v) is 17.1. The van der Waals surface area contributed by atoms with Crippen molar-refractivity contribution in [2.45, 2.75) is 44.2 Å². The molecule has 1 fully saturated rings. The van der Waals surface area contributed by atoms with E-state index in [-0.39, 0.29) is 24.4 Å². The Kier molecular flexibility index (Phi) is 7.52. The lowest BCUT2D eigenvalue weighted by Gasteiger charge is -2.42. The molecule has 1 aromatic carbocycles. The topological polar surface area (TPSA) is 23.6 Å². The van der Waals surface area contributed by atoms with Crippen LogP contribution in [-0.2, 0) is 11.2 Å². The van der Waals surface area contributed by atoms with E-state index in [4.69, 9.17) is 6.42 Å². The minimum Gasteiger partial charge on any atom is -0.341 e. The number of likely N-dealkylation sites (N-methyl/N-ethyl adjacent to an activating group) is 2. The molecule has 1 saturated carbocycles. The van der Waals surface area contributed by atoms with Crippen molar-refractivity contribution in [3.05, 3.63) is 35.2 Å².